The second-order valence-corrected chi connectivity index (χ2v) is 6.08. The van der Waals surface area contributed by atoms with Crippen molar-refractivity contribution in [2.24, 2.45) is 0 Å². The Hall–Kier alpha value is -0.940. The van der Waals surface area contributed by atoms with E-state index in [1.807, 2.05) is 0 Å². The van der Waals surface area contributed by atoms with E-state index < -0.39 is 0 Å². The highest BCUT2D eigenvalue weighted by molar-refractivity contribution is 5.14. The Morgan fingerprint density at radius 3 is 2.81 bits per heavy atom. The van der Waals surface area contributed by atoms with Gasteiger partial charge in [0.05, 0.1) is 13.2 Å². The Morgan fingerprint density at radius 2 is 2.05 bits per heavy atom. The molecule has 1 aromatic carbocycles. The highest BCUT2D eigenvalue weighted by atomic mass is 16.5. The van der Waals surface area contributed by atoms with E-state index in [2.05, 4.69) is 59.5 Å². The van der Waals surface area contributed by atoms with Gasteiger partial charge in [-0.1, -0.05) is 30.3 Å². The maximum atomic E-state index is 5.61. The summed E-state index contributed by atoms with van der Waals surface area (Å²) in [5.74, 6) is 0. The molecular weight excluding hydrogens is 262 g/mol. The largest absolute Gasteiger partial charge is 0.379 e. The Bertz CT molecular complexity index is 383. The van der Waals surface area contributed by atoms with Crippen molar-refractivity contribution in [1.29, 1.82) is 0 Å². The number of likely N-dealkylation sites (tertiary alicyclic amines) is 1. The Kier molecular flexibility index (Phi) is 7.16. The average Bonchev–Trinajstić information content (AvgIpc) is 2.91. The molecule has 1 aliphatic heterocycles. The molecule has 118 valence electrons. The first-order chi connectivity index (χ1) is 10.2. The van der Waals surface area contributed by atoms with E-state index in [1.165, 1.54) is 18.5 Å². The van der Waals surface area contributed by atoms with E-state index in [9.17, 15) is 0 Å². The first-order valence-corrected chi connectivity index (χ1v) is 7.96. The average molecular weight is 291 g/mol. The molecule has 1 fully saturated rings. The molecule has 0 aromatic heterocycles. The van der Waals surface area contributed by atoms with Crippen molar-refractivity contribution in [2.75, 3.05) is 53.5 Å². The second-order valence-electron chi connectivity index (χ2n) is 6.08. The van der Waals surface area contributed by atoms with Gasteiger partial charge in [0.25, 0.3) is 0 Å². The predicted octanol–water partition coefficient (Wildman–Crippen LogP) is 1.43. The summed E-state index contributed by atoms with van der Waals surface area (Å²) in [6, 6.07) is 11.3. The molecule has 4 nitrogen and oxygen atoms in total. The van der Waals surface area contributed by atoms with Crippen molar-refractivity contribution in [1.82, 2.24) is 15.1 Å². The zero-order chi connectivity index (χ0) is 14.9. The first kappa shape index (κ1) is 16.4. The molecule has 0 aliphatic carbocycles. The monoisotopic (exact) mass is 291 g/mol. The molecule has 1 saturated heterocycles. The van der Waals surface area contributed by atoms with E-state index in [-0.39, 0.29) is 0 Å². The molecule has 1 aromatic rings. The van der Waals surface area contributed by atoms with E-state index in [4.69, 9.17) is 4.74 Å². The summed E-state index contributed by atoms with van der Waals surface area (Å²) in [6.45, 7) is 6.98. The van der Waals surface area contributed by atoms with Crippen LogP contribution in [0.4, 0.5) is 0 Å². The fourth-order valence-electron chi connectivity index (χ4n) is 2.67. The molecule has 0 amide bonds. The number of benzene rings is 1. The highest BCUT2D eigenvalue weighted by Gasteiger charge is 2.21. The third-order valence-corrected chi connectivity index (χ3v) is 3.88. The quantitative estimate of drug-likeness (QED) is 0.697. The zero-order valence-corrected chi connectivity index (χ0v) is 13.4. The summed E-state index contributed by atoms with van der Waals surface area (Å²) in [7, 11) is 4.14. The number of rotatable bonds is 9. The van der Waals surface area contributed by atoms with Crippen LogP contribution in [0.5, 0.6) is 0 Å². The molecule has 1 aliphatic rings. The van der Waals surface area contributed by atoms with Crippen LogP contribution < -0.4 is 5.32 Å². The topological polar surface area (TPSA) is 27.7 Å². The summed E-state index contributed by atoms with van der Waals surface area (Å²) in [5.41, 5.74) is 1.41. The number of nitrogens with zero attached hydrogens (tertiary/aromatic N) is 2. The van der Waals surface area contributed by atoms with Crippen molar-refractivity contribution in [3.63, 3.8) is 0 Å². The van der Waals surface area contributed by atoms with Gasteiger partial charge in [-0.25, -0.2) is 0 Å². The second kappa shape index (κ2) is 9.15. The fourth-order valence-corrected chi connectivity index (χ4v) is 2.67. The summed E-state index contributed by atoms with van der Waals surface area (Å²) in [6.07, 6.45) is 1.24. The van der Waals surface area contributed by atoms with Gasteiger partial charge in [-0.15, -0.1) is 0 Å². The minimum Gasteiger partial charge on any atom is -0.379 e. The molecule has 2 rings (SSSR count). The van der Waals surface area contributed by atoms with Gasteiger partial charge in [0, 0.05) is 38.8 Å². The van der Waals surface area contributed by atoms with Crippen molar-refractivity contribution >= 4 is 0 Å². The number of hydrogen-bond donors (Lipinski definition) is 1. The molecule has 1 unspecified atom stereocenters. The van der Waals surface area contributed by atoms with Crippen LogP contribution >= 0.6 is 0 Å². The minimum atomic E-state index is 0.617. The van der Waals surface area contributed by atoms with Gasteiger partial charge in [-0.05, 0) is 26.1 Å². The van der Waals surface area contributed by atoms with Crippen molar-refractivity contribution < 1.29 is 4.74 Å². The number of ether oxygens (including phenoxy) is 1. The molecule has 4 heteroatoms. The van der Waals surface area contributed by atoms with Gasteiger partial charge in [-0.2, -0.15) is 0 Å². The summed E-state index contributed by atoms with van der Waals surface area (Å²) in [5, 5.41) is 3.61. The van der Waals surface area contributed by atoms with Crippen molar-refractivity contribution in [3.8, 4) is 0 Å². The summed E-state index contributed by atoms with van der Waals surface area (Å²) >= 11 is 0. The van der Waals surface area contributed by atoms with E-state index in [0.717, 1.165) is 39.4 Å². The van der Waals surface area contributed by atoms with Crippen LogP contribution in [0, 0.1) is 0 Å². The van der Waals surface area contributed by atoms with Crippen LogP contribution in [-0.4, -0.2) is 69.3 Å². The number of likely N-dealkylation sites (N-methyl/N-ethyl adjacent to an activating group) is 1. The fraction of sp³-hybridized carbons (Fsp3) is 0.647. The van der Waals surface area contributed by atoms with Gasteiger partial charge in [0.2, 0.25) is 0 Å². The SMILES string of the molecule is CN(C)CCOCCNC1CCN(Cc2ccccc2)C1. The Morgan fingerprint density at radius 1 is 1.24 bits per heavy atom. The smallest absolute Gasteiger partial charge is 0.0593 e. The van der Waals surface area contributed by atoms with Gasteiger partial charge in [-0.3, -0.25) is 4.90 Å². The van der Waals surface area contributed by atoms with Crippen LogP contribution in [0.15, 0.2) is 30.3 Å². The molecule has 0 radical (unpaired) electrons. The van der Waals surface area contributed by atoms with Crippen LogP contribution in [0.25, 0.3) is 0 Å². The van der Waals surface area contributed by atoms with Crippen molar-refractivity contribution in [2.45, 2.75) is 19.0 Å². The maximum absolute atomic E-state index is 5.61. The Labute approximate surface area is 129 Å². The zero-order valence-electron chi connectivity index (χ0n) is 13.4. The van der Waals surface area contributed by atoms with E-state index >= 15 is 0 Å². The molecule has 0 bridgehead atoms. The van der Waals surface area contributed by atoms with E-state index in [1.54, 1.807) is 0 Å². The number of nitrogens with one attached hydrogen (secondary N) is 1. The van der Waals surface area contributed by atoms with E-state index in [0.29, 0.717) is 6.04 Å². The molecule has 0 saturated carbocycles. The van der Waals surface area contributed by atoms with Crippen LogP contribution in [0.1, 0.15) is 12.0 Å². The maximum Gasteiger partial charge on any atom is 0.0593 e. The molecule has 1 atom stereocenters. The van der Waals surface area contributed by atoms with Gasteiger partial charge in [0.1, 0.15) is 0 Å². The molecule has 0 spiro atoms. The van der Waals surface area contributed by atoms with Crippen molar-refractivity contribution in [3.05, 3.63) is 35.9 Å². The lowest BCUT2D eigenvalue weighted by Gasteiger charge is -2.17. The standard InChI is InChI=1S/C17H29N3O/c1-19(2)11-13-21-12-9-18-17-8-10-20(15-17)14-16-6-4-3-5-7-16/h3-7,17-18H,8-15H2,1-2H3. The summed E-state index contributed by atoms with van der Waals surface area (Å²) in [4.78, 5) is 4.67. The van der Waals surface area contributed by atoms with Crippen LogP contribution in [-0.2, 0) is 11.3 Å². The summed E-state index contributed by atoms with van der Waals surface area (Å²) < 4.78 is 5.61. The van der Waals surface area contributed by atoms with Gasteiger partial charge >= 0.3 is 0 Å². The third kappa shape index (κ3) is 6.57. The molecular formula is C17H29N3O. The molecule has 1 heterocycles. The third-order valence-electron chi connectivity index (χ3n) is 3.88. The van der Waals surface area contributed by atoms with Gasteiger partial charge < -0.3 is 15.0 Å². The number of hydrogen-bond acceptors (Lipinski definition) is 4. The molecule has 1 N–H and O–H groups in total. The lowest BCUT2D eigenvalue weighted by molar-refractivity contribution is 0.117. The highest BCUT2D eigenvalue weighted by Crippen LogP contribution is 2.13. The molecule has 21 heavy (non-hydrogen) atoms. The Balaban J connectivity index is 1.54. The predicted molar refractivity (Wildman–Crippen MR) is 87.5 cm³/mol. The lowest BCUT2D eigenvalue weighted by atomic mass is 10.2. The van der Waals surface area contributed by atoms with Gasteiger partial charge in [0.15, 0.2) is 0 Å². The normalized spacial score (nSPS) is 19.5. The lowest BCUT2D eigenvalue weighted by Crippen LogP contribution is -2.34. The minimum absolute atomic E-state index is 0.617. The first-order valence-electron chi connectivity index (χ1n) is 7.96. The van der Waals surface area contributed by atoms with Crippen LogP contribution in [0.2, 0.25) is 0 Å². The van der Waals surface area contributed by atoms with Crippen LogP contribution in [0.3, 0.4) is 0 Å².